The van der Waals surface area contributed by atoms with Crippen LogP contribution in [-0.2, 0) is 0 Å². The third-order valence-corrected chi connectivity index (χ3v) is 5.28. The number of para-hydroxylation sites is 1. The first-order chi connectivity index (χ1) is 12.0. The maximum atomic E-state index is 12.9. The van der Waals surface area contributed by atoms with Crippen molar-refractivity contribution in [3.05, 3.63) is 38.7 Å². The summed E-state index contributed by atoms with van der Waals surface area (Å²) < 4.78 is 2.79. The average Bonchev–Trinajstić information content (AvgIpc) is 3.23. The summed E-state index contributed by atoms with van der Waals surface area (Å²) in [5.41, 5.74) is 0.936. The molecule has 7 nitrogen and oxygen atoms in total. The highest BCUT2D eigenvalue weighted by molar-refractivity contribution is 9.10. The first kappa shape index (κ1) is 17.8. The molecule has 0 spiro atoms. The van der Waals surface area contributed by atoms with Crippen LogP contribution in [0.5, 0.6) is 0 Å². The molecule has 25 heavy (non-hydrogen) atoms. The monoisotopic (exact) mass is 407 g/mol. The number of hydrogen-bond acceptors (Lipinski definition) is 4. The van der Waals surface area contributed by atoms with E-state index in [4.69, 9.17) is 0 Å². The Balaban J connectivity index is 1.97. The molecule has 0 N–H and O–H groups in total. The highest BCUT2D eigenvalue weighted by atomic mass is 79.9. The van der Waals surface area contributed by atoms with Crippen molar-refractivity contribution >= 4 is 22.0 Å². The van der Waals surface area contributed by atoms with Gasteiger partial charge in [-0.05, 0) is 64.2 Å². The molecule has 8 heteroatoms. The van der Waals surface area contributed by atoms with Crippen molar-refractivity contribution in [2.75, 3.05) is 6.54 Å². The Morgan fingerprint density at radius 1 is 1.32 bits per heavy atom. The Labute approximate surface area is 154 Å². The van der Waals surface area contributed by atoms with Crippen molar-refractivity contribution in [3.8, 4) is 5.69 Å². The molecule has 0 radical (unpaired) electrons. The van der Waals surface area contributed by atoms with E-state index in [2.05, 4.69) is 26.4 Å². The third-order valence-electron chi connectivity index (χ3n) is 4.64. The molecule has 1 aromatic carbocycles. The van der Waals surface area contributed by atoms with Crippen LogP contribution >= 0.6 is 15.9 Å². The number of nitrogens with zero attached hydrogens (tertiary/aromatic N) is 5. The van der Waals surface area contributed by atoms with Gasteiger partial charge in [0, 0.05) is 17.1 Å². The van der Waals surface area contributed by atoms with Crippen LogP contribution in [0.3, 0.4) is 0 Å². The first-order valence-corrected chi connectivity index (χ1v) is 9.45. The number of tetrazole rings is 1. The van der Waals surface area contributed by atoms with E-state index in [1.165, 1.54) is 4.68 Å². The Morgan fingerprint density at radius 3 is 2.68 bits per heavy atom. The topological polar surface area (TPSA) is 73.0 Å². The van der Waals surface area contributed by atoms with Gasteiger partial charge in [0.1, 0.15) is 0 Å². The average molecular weight is 408 g/mol. The molecule has 0 saturated heterocycles. The van der Waals surface area contributed by atoms with Crippen molar-refractivity contribution < 1.29 is 4.79 Å². The zero-order valence-electron chi connectivity index (χ0n) is 14.5. The fourth-order valence-electron chi connectivity index (χ4n) is 3.41. The van der Waals surface area contributed by atoms with E-state index in [0.29, 0.717) is 12.2 Å². The van der Waals surface area contributed by atoms with Crippen LogP contribution in [0.2, 0.25) is 0 Å². The standard InChI is InChI=1S/C17H22BrN5O2/c1-3-11-21(13-8-4-5-9-13)16(24)23-17(25)22(19-20-23)15-12(2)7-6-10-14(15)18/h6-7,10,13H,3-5,8-9,11H2,1-2H3. The second kappa shape index (κ2) is 7.51. The number of amides is 1. The molecular formula is C17H22BrN5O2. The fraction of sp³-hybridized carbons (Fsp3) is 0.529. The van der Waals surface area contributed by atoms with Gasteiger partial charge in [-0.3, -0.25) is 0 Å². The van der Waals surface area contributed by atoms with Crippen LogP contribution < -0.4 is 5.69 Å². The van der Waals surface area contributed by atoms with Crippen molar-refractivity contribution in [2.45, 2.75) is 52.0 Å². The van der Waals surface area contributed by atoms with Crippen molar-refractivity contribution in [1.29, 1.82) is 0 Å². The molecule has 1 heterocycles. The molecule has 0 unspecified atom stereocenters. The maximum Gasteiger partial charge on any atom is 0.377 e. The van der Waals surface area contributed by atoms with Crippen LogP contribution in [0.25, 0.3) is 5.69 Å². The van der Waals surface area contributed by atoms with E-state index >= 15 is 0 Å². The lowest BCUT2D eigenvalue weighted by Crippen LogP contribution is -2.45. The van der Waals surface area contributed by atoms with Gasteiger partial charge in [-0.2, -0.15) is 4.68 Å². The molecule has 0 aliphatic heterocycles. The van der Waals surface area contributed by atoms with E-state index in [9.17, 15) is 9.59 Å². The van der Waals surface area contributed by atoms with Gasteiger partial charge in [0.2, 0.25) is 0 Å². The highest BCUT2D eigenvalue weighted by Gasteiger charge is 2.29. The third kappa shape index (κ3) is 3.40. The lowest BCUT2D eigenvalue weighted by atomic mass is 10.2. The number of hydrogen-bond donors (Lipinski definition) is 0. The van der Waals surface area contributed by atoms with Crippen LogP contribution in [0.4, 0.5) is 4.79 Å². The SMILES string of the molecule is CCCN(C(=O)n1nnn(-c2c(C)cccc2Br)c1=O)C1CCCC1. The van der Waals surface area contributed by atoms with Crippen molar-refractivity contribution in [2.24, 2.45) is 0 Å². The fourth-order valence-corrected chi connectivity index (χ4v) is 4.04. The number of rotatable bonds is 4. The van der Waals surface area contributed by atoms with Gasteiger partial charge < -0.3 is 4.90 Å². The summed E-state index contributed by atoms with van der Waals surface area (Å²) in [5.74, 6) is 0. The predicted octanol–water partition coefficient (Wildman–Crippen LogP) is 3.12. The van der Waals surface area contributed by atoms with E-state index in [-0.39, 0.29) is 12.1 Å². The zero-order chi connectivity index (χ0) is 18.0. The molecular weight excluding hydrogens is 386 g/mol. The lowest BCUT2D eigenvalue weighted by molar-refractivity contribution is 0.172. The zero-order valence-corrected chi connectivity index (χ0v) is 16.1. The Hall–Kier alpha value is -1.96. The molecule has 0 bridgehead atoms. The van der Waals surface area contributed by atoms with Gasteiger partial charge >= 0.3 is 11.7 Å². The summed E-state index contributed by atoms with van der Waals surface area (Å²) in [6.07, 6.45) is 5.05. The second-order valence-corrected chi connectivity index (χ2v) is 7.26. The molecule has 1 aliphatic carbocycles. The van der Waals surface area contributed by atoms with Crippen LogP contribution in [-0.4, -0.2) is 43.3 Å². The predicted molar refractivity (Wildman–Crippen MR) is 98.1 cm³/mol. The number of aromatic nitrogens is 4. The summed E-state index contributed by atoms with van der Waals surface area (Å²) in [6.45, 7) is 4.53. The van der Waals surface area contributed by atoms with Crippen molar-refractivity contribution in [1.82, 2.24) is 24.7 Å². The normalized spacial score (nSPS) is 14.8. The Kier molecular flexibility index (Phi) is 5.36. The summed E-state index contributed by atoms with van der Waals surface area (Å²) in [5, 5.41) is 7.79. The van der Waals surface area contributed by atoms with Gasteiger partial charge in [-0.25, -0.2) is 9.59 Å². The second-order valence-electron chi connectivity index (χ2n) is 6.40. The van der Waals surface area contributed by atoms with E-state index in [0.717, 1.165) is 46.8 Å². The molecule has 1 saturated carbocycles. The van der Waals surface area contributed by atoms with Gasteiger partial charge in [0.05, 0.1) is 5.69 Å². The smallest absolute Gasteiger partial charge is 0.320 e. The van der Waals surface area contributed by atoms with Crippen LogP contribution in [0, 0.1) is 6.92 Å². The van der Waals surface area contributed by atoms with Crippen LogP contribution in [0.1, 0.15) is 44.6 Å². The number of benzene rings is 1. The Bertz CT molecular complexity index is 802. The summed E-state index contributed by atoms with van der Waals surface area (Å²) in [4.78, 5) is 27.5. The van der Waals surface area contributed by atoms with Gasteiger partial charge in [-0.15, -0.1) is 4.68 Å². The molecule has 1 fully saturated rings. The first-order valence-electron chi connectivity index (χ1n) is 8.66. The van der Waals surface area contributed by atoms with Gasteiger partial charge in [-0.1, -0.05) is 31.9 Å². The number of aryl methyl sites for hydroxylation is 1. The van der Waals surface area contributed by atoms with E-state index in [1.54, 1.807) is 4.90 Å². The van der Waals surface area contributed by atoms with Crippen LogP contribution in [0.15, 0.2) is 27.5 Å². The Morgan fingerprint density at radius 2 is 2.04 bits per heavy atom. The van der Waals surface area contributed by atoms with Crippen molar-refractivity contribution in [3.63, 3.8) is 0 Å². The van der Waals surface area contributed by atoms with E-state index < -0.39 is 5.69 Å². The molecule has 1 amide bonds. The minimum Gasteiger partial charge on any atom is -0.320 e. The minimum atomic E-state index is -0.542. The number of carbonyl (C=O) groups is 1. The molecule has 3 rings (SSSR count). The molecule has 0 atom stereocenters. The van der Waals surface area contributed by atoms with E-state index in [1.807, 2.05) is 32.0 Å². The van der Waals surface area contributed by atoms with Gasteiger partial charge in [0.15, 0.2) is 0 Å². The number of carbonyl (C=O) groups excluding carboxylic acids is 1. The highest BCUT2D eigenvalue weighted by Crippen LogP contribution is 2.24. The van der Waals surface area contributed by atoms with Gasteiger partial charge in [0.25, 0.3) is 0 Å². The number of halogens is 1. The summed E-state index contributed by atoms with van der Waals surface area (Å²) >= 11 is 3.44. The molecule has 2 aromatic rings. The summed E-state index contributed by atoms with van der Waals surface area (Å²) in [6, 6.07) is 5.41. The summed E-state index contributed by atoms with van der Waals surface area (Å²) in [7, 11) is 0. The maximum absolute atomic E-state index is 12.9. The largest absolute Gasteiger partial charge is 0.377 e. The molecule has 134 valence electrons. The molecule has 1 aliphatic rings. The quantitative estimate of drug-likeness (QED) is 0.729. The minimum absolute atomic E-state index is 0.190. The lowest BCUT2D eigenvalue weighted by Gasteiger charge is -2.27. The molecule has 1 aromatic heterocycles.